The Morgan fingerprint density at radius 1 is 1.24 bits per heavy atom. The summed E-state index contributed by atoms with van der Waals surface area (Å²) < 4.78 is 16.9. The number of hydrogen-bond donors (Lipinski definition) is 1. The van der Waals surface area contributed by atoms with Crippen LogP contribution in [0.15, 0.2) is 18.2 Å². The molecular weight excluding hydrogens is 266 g/mol. The number of nitrogens with one attached hydrogen (secondary N) is 1. The highest BCUT2D eigenvalue weighted by Crippen LogP contribution is 2.32. The van der Waals surface area contributed by atoms with Crippen molar-refractivity contribution >= 4 is 0 Å². The van der Waals surface area contributed by atoms with Gasteiger partial charge in [0.2, 0.25) is 0 Å². The Bertz CT molecular complexity index is 396. The van der Waals surface area contributed by atoms with Gasteiger partial charge in [-0.25, -0.2) is 0 Å². The van der Waals surface area contributed by atoms with E-state index in [2.05, 4.69) is 25.2 Å². The second-order valence-electron chi connectivity index (χ2n) is 5.06. The SMILES string of the molecule is CCCC(C)Oc1c(CNCCOC)cccc1OCC. The molecule has 1 aromatic rings. The molecule has 0 saturated heterocycles. The van der Waals surface area contributed by atoms with Crippen LogP contribution in [0.3, 0.4) is 0 Å². The molecule has 0 radical (unpaired) electrons. The van der Waals surface area contributed by atoms with Crippen molar-refractivity contribution in [3.05, 3.63) is 23.8 Å². The highest BCUT2D eigenvalue weighted by atomic mass is 16.5. The van der Waals surface area contributed by atoms with Crippen LogP contribution in [0.1, 0.15) is 39.2 Å². The fourth-order valence-corrected chi connectivity index (χ4v) is 2.17. The van der Waals surface area contributed by atoms with E-state index < -0.39 is 0 Å². The molecule has 120 valence electrons. The van der Waals surface area contributed by atoms with Crippen molar-refractivity contribution in [2.24, 2.45) is 0 Å². The summed E-state index contributed by atoms with van der Waals surface area (Å²) in [6.07, 6.45) is 2.34. The van der Waals surface area contributed by atoms with Gasteiger partial charge in [-0.15, -0.1) is 0 Å². The molecule has 0 fully saturated rings. The van der Waals surface area contributed by atoms with Gasteiger partial charge in [0, 0.05) is 25.8 Å². The first kappa shape index (κ1) is 17.8. The molecule has 0 amide bonds. The quantitative estimate of drug-likeness (QED) is 0.635. The average Bonchev–Trinajstić information content (AvgIpc) is 2.47. The van der Waals surface area contributed by atoms with Crippen molar-refractivity contribution in [2.45, 2.75) is 46.3 Å². The molecule has 0 aliphatic rings. The molecule has 1 unspecified atom stereocenters. The predicted molar refractivity (Wildman–Crippen MR) is 86.2 cm³/mol. The Morgan fingerprint density at radius 3 is 2.71 bits per heavy atom. The Kier molecular flexibility index (Phi) is 8.87. The van der Waals surface area contributed by atoms with Gasteiger partial charge in [-0.3, -0.25) is 0 Å². The molecule has 4 heteroatoms. The molecule has 0 bridgehead atoms. The molecule has 21 heavy (non-hydrogen) atoms. The van der Waals surface area contributed by atoms with Crippen molar-refractivity contribution in [2.75, 3.05) is 26.9 Å². The Balaban J connectivity index is 2.80. The summed E-state index contributed by atoms with van der Waals surface area (Å²) >= 11 is 0. The van der Waals surface area contributed by atoms with E-state index in [0.717, 1.165) is 43.0 Å². The number of para-hydroxylation sites is 1. The molecule has 0 aromatic heterocycles. The van der Waals surface area contributed by atoms with Crippen LogP contribution < -0.4 is 14.8 Å². The molecule has 0 aliphatic carbocycles. The molecule has 0 saturated carbocycles. The summed E-state index contributed by atoms with van der Waals surface area (Å²) in [5.74, 6) is 1.69. The largest absolute Gasteiger partial charge is 0.490 e. The zero-order valence-electron chi connectivity index (χ0n) is 13.8. The summed E-state index contributed by atoms with van der Waals surface area (Å²) in [7, 11) is 1.71. The highest BCUT2D eigenvalue weighted by molar-refractivity contribution is 5.46. The second-order valence-corrected chi connectivity index (χ2v) is 5.06. The van der Waals surface area contributed by atoms with Crippen molar-refractivity contribution < 1.29 is 14.2 Å². The first-order chi connectivity index (χ1) is 10.2. The van der Waals surface area contributed by atoms with E-state index in [1.54, 1.807) is 7.11 Å². The highest BCUT2D eigenvalue weighted by Gasteiger charge is 2.13. The van der Waals surface area contributed by atoms with E-state index >= 15 is 0 Å². The lowest BCUT2D eigenvalue weighted by Crippen LogP contribution is -2.20. The van der Waals surface area contributed by atoms with Crippen LogP contribution in [-0.4, -0.2) is 33.0 Å². The van der Waals surface area contributed by atoms with E-state index in [-0.39, 0.29) is 6.10 Å². The van der Waals surface area contributed by atoms with Crippen LogP contribution in [0.2, 0.25) is 0 Å². The first-order valence-electron chi connectivity index (χ1n) is 7.83. The number of methoxy groups -OCH3 is 1. The van der Waals surface area contributed by atoms with Gasteiger partial charge >= 0.3 is 0 Å². The molecule has 0 heterocycles. The predicted octanol–water partition coefficient (Wildman–Crippen LogP) is 3.39. The minimum Gasteiger partial charge on any atom is -0.490 e. The lowest BCUT2D eigenvalue weighted by atomic mass is 10.1. The maximum absolute atomic E-state index is 6.13. The van der Waals surface area contributed by atoms with E-state index in [4.69, 9.17) is 14.2 Å². The Hall–Kier alpha value is -1.26. The maximum atomic E-state index is 6.13. The van der Waals surface area contributed by atoms with Gasteiger partial charge in [0.1, 0.15) is 0 Å². The van der Waals surface area contributed by atoms with Gasteiger partial charge in [0.15, 0.2) is 11.5 Å². The van der Waals surface area contributed by atoms with Gasteiger partial charge in [-0.2, -0.15) is 0 Å². The third kappa shape index (κ3) is 6.36. The van der Waals surface area contributed by atoms with Gasteiger partial charge in [0.25, 0.3) is 0 Å². The minimum absolute atomic E-state index is 0.189. The van der Waals surface area contributed by atoms with E-state index in [1.807, 2.05) is 19.1 Å². The summed E-state index contributed by atoms with van der Waals surface area (Å²) in [6, 6.07) is 6.06. The third-order valence-electron chi connectivity index (χ3n) is 3.17. The van der Waals surface area contributed by atoms with Crippen molar-refractivity contribution in [3.63, 3.8) is 0 Å². The third-order valence-corrected chi connectivity index (χ3v) is 3.17. The fraction of sp³-hybridized carbons (Fsp3) is 0.647. The molecular formula is C17H29NO3. The van der Waals surface area contributed by atoms with E-state index in [9.17, 15) is 0 Å². The van der Waals surface area contributed by atoms with Crippen LogP contribution >= 0.6 is 0 Å². The zero-order chi connectivity index (χ0) is 15.5. The van der Waals surface area contributed by atoms with Crippen LogP contribution in [-0.2, 0) is 11.3 Å². The molecule has 0 spiro atoms. The average molecular weight is 295 g/mol. The number of hydrogen-bond acceptors (Lipinski definition) is 4. The summed E-state index contributed by atoms with van der Waals surface area (Å²) in [4.78, 5) is 0. The van der Waals surface area contributed by atoms with Gasteiger partial charge in [-0.05, 0) is 26.3 Å². The molecule has 1 atom stereocenters. The summed E-state index contributed by atoms with van der Waals surface area (Å²) in [5, 5.41) is 3.36. The van der Waals surface area contributed by atoms with Gasteiger partial charge in [-0.1, -0.05) is 25.5 Å². The summed E-state index contributed by atoms with van der Waals surface area (Å²) in [5.41, 5.74) is 1.13. The molecule has 1 N–H and O–H groups in total. The van der Waals surface area contributed by atoms with Crippen molar-refractivity contribution in [1.29, 1.82) is 0 Å². The van der Waals surface area contributed by atoms with Gasteiger partial charge in [0.05, 0.1) is 19.3 Å². The standard InChI is InChI=1S/C17H29NO3/c1-5-8-14(3)21-17-15(13-18-11-12-19-4)9-7-10-16(17)20-6-2/h7,9-10,14,18H,5-6,8,11-13H2,1-4H3. The number of benzene rings is 1. The zero-order valence-corrected chi connectivity index (χ0v) is 13.8. The molecule has 1 aromatic carbocycles. The Labute approximate surface area is 128 Å². The summed E-state index contributed by atoms with van der Waals surface area (Å²) in [6.45, 7) is 9.17. The normalized spacial score (nSPS) is 12.2. The number of rotatable bonds is 11. The van der Waals surface area contributed by atoms with Crippen LogP contribution in [0, 0.1) is 0 Å². The number of ether oxygens (including phenoxy) is 3. The Morgan fingerprint density at radius 2 is 2.05 bits per heavy atom. The monoisotopic (exact) mass is 295 g/mol. The van der Waals surface area contributed by atoms with Gasteiger partial charge < -0.3 is 19.5 Å². The fourth-order valence-electron chi connectivity index (χ4n) is 2.17. The minimum atomic E-state index is 0.189. The molecule has 0 aliphatic heterocycles. The smallest absolute Gasteiger partial charge is 0.166 e. The first-order valence-corrected chi connectivity index (χ1v) is 7.83. The topological polar surface area (TPSA) is 39.7 Å². The molecule has 4 nitrogen and oxygen atoms in total. The van der Waals surface area contributed by atoms with Crippen molar-refractivity contribution in [1.82, 2.24) is 5.32 Å². The van der Waals surface area contributed by atoms with E-state index in [1.165, 1.54) is 0 Å². The second kappa shape index (κ2) is 10.5. The van der Waals surface area contributed by atoms with Crippen LogP contribution in [0.25, 0.3) is 0 Å². The van der Waals surface area contributed by atoms with Crippen LogP contribution in [0.4, 0.5) is 0 Å². The van der Waals surface area contributed by atoms with E-state index in [0.29, 0.717) is 13.2 Å². The lowest BCUT2D eigenvalue weighted by molar-refractivity contribution is 0.191. The maximum Gasteiger partial charge on any atom is 0.166 e. The van der Waals surface area contributed by atoms with Crippen LogP contribution in [0.5, 0.6) is 11.5 Å². The molecule has 1 rings (SSSR count). The lowest BCUT2D eigenvalue weighted by Gasteiger charge is -2.20. The van der Waals surface area contributed by atoms with Crippen molar-refractivity contribution in [3.8, 4) is 11.5 Å².